The van der Waals surface area contributed by atoms with Gasteiger partial charge in [-0.15, -0.1) is 0 Å². The number of nitrogens with zero attached hydrogens (tertiary/aromatic N) is 1. The lowest BCUT2D eigenvalue weighted by atomic mass is 10.2. The Morgan fingerprint density at radius 3 is 2.80 bits per heavy atom. The van der Waals surface area contributed by atoms with Gasteiger partial charge in [0.2, 0.25) is 0 Å². The molecule has 0 fully saturated rings. The van der Waals surface area contributed by atoms with Gasteiger partial charge in [-0.1, -0.05) is 0 Å². The molecule has 1 heterocycles. The van der Waals surface area contributed by atoms with E-state index in [9.17, 15) is 4.79 Å². The Morgan fingerprint density at radius 1 is 1.60 bits per heavy atom. The number of anilines is 1. The highest BCUT2D eigenvalue weighted by atomic mass is 79.9. The Kier molecular flexibility index (Phi) is 4.08. The van der Waals surface area contributed by atoms with Crippen molar-refractivity contribution < 1.29 is 9.53 Å². The van der Waals surface area contributed by atoms with Crippen molar-refractivity contribution in [3.8, 4) is 0 Å². The highest BCUT2D eigenvalue weighted by Gasteiger charge is 2.15. The van der Waals surface area contributed by atoms with Gasteiger partial charge < -0.3 is 10.1 Å². The van der Waals surface area contributed by atoms with Crippen LogP contribution < -0.4 is 5.32 Å². The van der Waals surface area contributed by atoms with E-state index in [1.54, 1.807) is 19.3 Å². The maximum absolute atomic E-state index is 11.7. The number of carbonyl (C=O) groups is 1. The number of esters is 1. The van der Waals surface area contributed by atoms with E-state index in [1.165, 1.54) is 0 Å². The lowest BCUT2D eigenvalue weighted by Gasteiger charge is -2.10. The molecule has 0 atom stereocenters. The normalized spacial score (nSPS) is 10.2. The Bertz CT molecular complexity index is 366. The predicted octanol–water partition coefficient (Wildman–Crippen LogP) is 2.45. The van der Waals surface area contributed by atoms with Crippen LogP contribution in [0.3, 0.4) is 0 Å². The minimum absolute atomic E-state index is 0.138. The molecule has 82 valence electrons. The third-order valence-corrected chi connectivity index (χ3v) is 2.09. The number of nitrogens with one attached hydrogen (secondary N) is 1. The number of hydrogen-bond donors (Lipinski definition) is 1. The molecule has 1 N–H and O–H groups in total. The first-order valence-electron chi connectivity index (χ1n) is 4.59. The van der Waals surface area contributed by atoms with Gasteiger partial charge >= 0.3 is 5.97 Å². The Balaban J connectivity index is 3.00. The van der Waals surface area contributed by atoms with Gasteiger partial charge in [-0.2, -0.15) is 0 Å². The van der Waals surface area contributed by atoms with Gasteiger partial charge in [0.25, 0.3) is 0 Å². The largest absolute Gasteiger partial charge is 0.459 e. The minimum Gasteiger partial charge on any atom is -0.459 e. The average molecular weight is 273 g/mol. The zero-order chi connectivity index (χ0) is 11.4. The van der Waals surface area contributed by atoms with E-state index in [2.05, 4.69) is 26.2 Å². The van der Waals surface area contributed by atoms with Gasteiger partial charge in [0.05, 0.1) is 6.10 Å². The van der Waals surface area contributed by atoms with Gasteiger partial charge in [-0.3, -0.25) is 0 Å². The number of halogens is 1. The van der Waals surface area contributed by atoms with E-state index in [1.807, 2.05) is 13.8 Å². The first-order chi connectivity index (χ1) is 7.04. The fourth-order valence-electron chi connectivity index (χ4n) is 1.07. The van der Waals surface area contributed by atoms with Crippen LogP contribution in [-0.2, 0) is 4.74 Å². The zero-order valence-electron chi connectivity index (χ0n) is 8.87. The van der Waals surface area contributed by atoms with Crippen molar-refractivity contribution in [2.75, 3.05) is 12.4 Å². The Hall–Kier alpha value is -1.10. The molecule has 0 bridgehead atoms. The molecule has 0 amide bonds. The average Bonchev–Trinajstić information content (AvgIpc) is 2.16. The summed E-state index contributed by atoms with van der Waals surface area (Å²) in [5.41, 5.74) is 0.431. The van der Waals surface area contributed by atoms with Crippen LogP contribution in [0.15, 0.2) is 16.7 Å². The molecule has 5 heteroatoms. The second-order valence-corrected chi connectivity index (χ2v) is 4.17. The van der Waals surface area contributed by atoms with Crippen LogP contribution in [-0.4, -0.2) is 24.1 Å². The molecule has 0 aliphatic rings. The van der Waals surface area contributed by atoms with E-state index >= 15 is 0 Å². The Morgan fingerprint density at radius 2 is 2.27 bits per heavy atom. The summed E-state index contributed by atoms with van der Waals surface area (Å²) in [5, 5.41) is 2.84. The number of hydrogen-bond acceptors (Lipinski definition) is 4. The molecule has 1 aromatic heterocycles. The molecule has 15 heavy (non-hydrogen) atoms. The molecule has 0 radical (unpaired) electrons. The van der Waals surface area contributed by atoms with E-state index in [0.29, 0.717) is 11.4 Å². The monoisotopic (exact) mass is 272 g/mol. The first-order valence-corrected chi connectivity index (χ1v) is 5.38. The van der Waals surface area contributed by atoms with Crippen LogP contribution in [0.2, 0.25) is 0 Å². The smallest absolute Gasteiger partial charge is 0.342 e. The maximum Gasteiger partial charge on any atom is 0.342 e. The summed E-state index contributed by atoms with van der Waals surface area (Å²) in [6.07, 6.45) is 1.49. The van der Waals surface area contributed by atoms with Crippen molar-refractivity contribution in [3.63, 3.8) is 0 Å². The molecule has 0 unspecified atom stereocenters. The van der Waals surface area contributed by atoms with Crippen LogP contribution in [0.25, 0.3) is 0 Å². The molecule has 0 aliphatic carbocycles. The maximum atomic E-state index is 11.7. The van der Waals surface area contributed by atoms with Crippen molar-refractivity contribution in [2.24, 2.45) is 0 Å². The molecule has 0 saturated heterocycles. The number of aromatic nitrogens is 1. The standard InChI is InChI=1S/C10H13BrN2O2/c1-6(2)15-10(14)8-4-7(11)5-13-9(8)12-3/h4-6H,1-3H3,(H,12,13). The van der Waals surface area contributed by atoms with Crippen LogP contribution >= 0.6 is 15.9 Å². The molecule has 0 spiro atoms. The summed E-state index contributed by atoms with van der Waals surface area (Å²) in [5.74, 6) is 0.145. The number of ether oxygens (including phenoxy) is 1. The quantitative estimate of drug-likeness (QED) is 0.859. The van der Waals surface area contributed by atoms with Crippen molar-refractivity contribution in [3.05, 3.63) is 22.3 Å². The van der Waals surface area contributed by atoms with E-state index in [0.717, 1.165) is 4.47 Å². The van der Waals surface area contributed by atoms with Gasteiger partial charge in [0.1, 0.15) is 11.4 Å². The number of rotatable bonds is 3. The van der Waals surface area contributed by atoms with Gasteiger partial charge in [0.15, 0.2) is 0 Å². The predicted molar refractivity (Wildman–Crippen MR) is 62.0 cm³/mol. The summed E-state index contributed by atoms with van der Waals surface area (Å²) in [4.78, 5) is 15.7. The highest BCUT2D eigenvalue weighted by Crippen LogP contribution is 2.18. The van der Waals surface area contributed by atoms with Gasteiger partial charge in [-0.05, 0) is 35.8 Å². The van der Waals surface area contributed by atoms with Crippen molar-refractivity contribution >= 4 is 27.7 Å². The first kappa shape index (κ1) is 12.0. The Labute approximate surface area is 97.2 Å². The summed E-state index contributed by atoms with van der Waals surface area (Å²) in [7, 11) is 1.71. The van der Waals surface area contributed by atoms with Crippen LogP contribution in [0.1, 0.15) is 24.2 Å². The SMILES string of the molecule is CNc1ncc(Br)cc1C(=O)OC(C)C. The lowest BCUT2D eigenvalue weighted by molar-refractivity contribution is 0.0378. The van der Waals surface area contributed by atoms with E-state index < -0.39 is 0 Å². The third kappa shape index (κ3) is 3.20. The molecule has 0 aromatic carbocycles. The third-order valence-electron chi connectivity index (χ3n) is 1.65. The highest BCUT2D eigenvalue weighted by molar-refractivity contribution is 9.10. The topological polar surface area (TPSA) is 51.2 Å². The molecule has 1 rings (SSSR count). The summed E-state index contributed by atoms with van der Waals surface area (Å²) >= 11 is 3.26. The fourth-order valence-corrected chi connectivity index (χ4v) is 1.40. The molecular formula is C10H13BrN2O2. The van der Waals surface area contributed by atoms with Crippen LogP contribution in [0.5, 0.6) is 0 Å². The summed E-state index contributed by atoms with van der Waals surface area (Å²) in [6, 6.07) is 1.68. The fraction of sp³-hybridized carbons (Fsp3) is 0.400. The molecule has 4 nitrogen and oxygen atoms in total. The number of carbonyl (C=O) groups excluding carboxylic acids is 1. The summed E-state index contributed by atoms with van der Waals surface area (Å²) < 4.78 is 5.84. The second-order valence-electron chi connectivity index (χ2n) is 3.25. The zero-order valence-corrected chi connectivity index (χ0v) is 10.5. The van der Waals surface area contributed by atoms with Crippen molar-refractivity contribution in [1.29, 1.82) is 0 Å². The molecular weight excluding hydrogens is 260 g/mol. The van der Waals surface area contributed by atoms with E-state index in [-0.39, 0.29) is 12.1 Å². The van der Waals surface area contributed by atoms with Crippen LogP contribution in [0.4, 0.5) is 5.82 Å². The molecule has 0 aliphatic heterocycles. The van der Waals surface area contributed by atoms with Gasteiger partial charge in [0, 0.05) is 17.7 Å². The van der Waals surface area contributed by atoms with Crippen LogP contribution in [0, 0.1) is 0 Å². The van der Waals surface area contributed by atoms with Crippen molar-refractivity contribution in [1.82, 2.24) is 4.98 Å². The summed E-state index contributed by atoms with van der Waals surface area (Å²) in [6.45, 7) is 3.62. The molecule has 1 aromatic rings. The minimum atomic E-state index is -0.372. The second kappa shape index (κ2) is 5.11. The van der Waals surface area contributed by atoms with Crippen molar-refractivity contribution in [2.45, 2.75) is 20.0 Å². The van der Waals surface area contributed by atoms with E-state index in [4.69, 9.17) is 4.74 Å². The number of pyridine rings is 1. The lowest BCUT2D eigenvalue weighted by Crippen LogP contribution is -2.14. The van der Waals surface area contributed by atoms with Gasteiger partial charge in [-0.25, -0.2) is 9.78 Å². The molecule has 0 saturated carbocycles.